The summed E-state index contributed by atoms with van der Waals surface area (Å²) in [5, 5.41) is 12.4. The molecule has 3 aromatic rings. The Morgan fingerprint density at radius 1 is 1.18 bits per heavy atom. The molecule has 142 valence electrons. The van der Waals surface area contributed by atoms with Crippen LogP contribution in [0.25, 0.3) is 22.5 Å². The Labute approximate surface area is 163 Å². The van der Waals surface area contributed by atoms with Crippen molar-refractivity contribution in [3.05, 3.63) is 48.2 Å². The second kappa shape index (κ2) is 7.08. The van der Waals surface area contributed by atoms with E-state index in [-0.39, 0.29) is 11.2 Å². The number of aromatic nitrogens is 3. The Morgan fingerprint density at radius 3 is 2.75 bits per heavy atom. The number of hydrogen-bond donors (Lipinski definition) is 2. The van der Waals surface area contributed by atoms with E-state index in [0.29, 0.717) is 17.9 Å². The van der Waals surface area contributed by atoms with Gasteiger partial charge in [-0.25, -0.2) is 14.4 Å². The molecule has 0 amide bonds. The van der Waals surface area contributed by atoms with Crippen molar-refractivity contribution in [3.63, 3.8) is 0 Å². The van der Waals surface area contributed by atoms with Gasteiger partial charge in [0.15, 0.2) is 0 Å². The topological polar surface area (TPSA) is 77.4 Å². The molecule has 28 heavy (non-hydrogen) atoms. The molecule has 1 aliphatic rings. The van der Waals surface area contributed by atoms with Gasteiger partial charge in [-0.1, -0.05) is 13.8 Å². The third-order valence-corrected chi connectivity index (χ3v) is 5.84. The average molecular weight is 375 g/mol. The lowest BCUT2D eigenvalue weighted by molar-refractivity contribution is 0.351. The normalized spacial score (nSPS) is 12.2. The van der Waals surface area contributed by atoms with E-state index in [1.807, 2.05) is 12.1 Å². The van der Waals surface area contributed by atoms with Crippen molar-refractivity contribution in [3.8, 4) is 28.6 Å². The maximum Gasteiger partial charge on any atom is 0.139 e. The summed E-state index contributed by atoms with van der Waals surface area (Å²) in [6, 6.07) is 10.8. The van der Waals surface area contributed by atoms with Gasteiger partial charge in [0.05, 0.1) is 23.1 Å². The van der Waals surface area contributed by atoms with Crippen LogP contribution in [-0.2, 0) is 5.41 Å². The maximum atomic E-state index is 13.9. The van der Waals surface area contributed by atoms with Gasteiger partial charge in [0, 0.05) is 29.2 Å². The van der Waals surface area contributed by atoms with Crippen LogP contribution in [0.1, 0.15) is 45.4 Å². The van der Waals surface area contributed by atoms with Crippen LogP contribution in [0.2, 0.25) is 0 Å². The molecule has 1 aromatic carbocycles. The van der Waals surface area contributed by atoms with E-state index < -0.39 is 0 Å². The van der Waals surface area contributed by atoms with Crippen molar-refractivity contribution in [2.24, 2.45) is 0 Å². The summed E-state index contributed by atoms with van der Waals surface area (Å²) < 4.78 is 13.9. The van der Waals surface area contributed by atoms with Crippen molar-refractivity contribution in [1.29, 1.82) is 5.26 Å². The van der Waals surface area contributed by atoms with Gasteiger partial charge in [0.1, 0.15) is 17.5 Å². The number of fused-ring (bicyclic) bond motifs is 5. The summed E-state index contributed by atoms with van der Waals surface area (Å²) in [4.78, 5) is 13.0. The Balaban J connectivity index is 1.96. The zero-order valence-corrected chi connectivity index (χ0v) is 16.0. The van der Waals surface area contributed by atoms with Crippen molar-refractivity contribution < 1.29 is 4.39 Å². The molecule has 2 aromatic heterocycles. The van der Waals surface area contributed by atoms with Gasteiger partial charge < -0.3 is 10.3 Å². The summed E-state index contributed by atoms with van der Waals surface area (Å²) in [5.41, 5.74) is 3.84. The number of nitrogens with zero attached hydrogens (tertiary/aromatic N) is 3. The lowest BCUT2D eigenvalue weighted by Gasteiger charge is -2.28. The number of benzene rings is 1. The van der Waals surface area contributed by atoms with Gasteiger partial charge in [-0.05, 0) is 49.6 Å². The van der Waals surface area contributed by atoms with Gasteiger partial charge in [-0.2, -0.15) is 5.26 Å². The van der Waals surface area contributed by atoms with Crippen LogP contribution in [-0.4, -0.2) is 15.0 Å². The first-order chi connectivity index (χ1) is 13.6. The number of nitriles is 1. The smallest absolute Gasteiger partial charge is 0.139 e. The zero-order valence-electron chi connectivity index (χ0n) is 16.0. The number of anilines is 2. The molecule has 0 saturated heterocycles. The maximum absolute atomic E-state index is 13.9. The molecule has 3 heterocycles. The molecule has 1 aliphatic heterocycles. The highest BCUT2D eigenvalue weighted by Gasteiger charge is 2.34. The van der Waals surface area contributed by atoms with Crippen molar-refractivity contribution in [1.82, 2.24) is 15.0 Å². The van der Waals surface area contributed by atoms with E-state index >= 15 is 0 Å². The Kier molecular flexibility index (Phi) is 4.60. The number of aromatic amines is 1. The Hall–Kier alpha value is -3.20. The summed E-state index contributed by atoms with van der Waals surface area (Å²) in [6.07, 6.45) is 4.70. The van der Waals surface area contributed by atoms with Crippen molar-refractivity contribution >= 4 is 11.5 Å². The molecular formula is C22H22FN5. The summed E-state index contributed by atoms with van der Waals surface area (Å²) >= 11 is 0. The van der Waals surface area contributed by atoms with E-state index in [1.54, 1.807) is 12.3 Å². The summed E-state index contributed by atoms with van der Waals surface area (Å²) in [5.74, 6) is 1.23. The third kappa shape index (κ3) is 2.84. The van der Waals surface area contributed by atoms with E-state index in [2.05, 4.69) is 35.2 Å². The van der Waals surface area contributed by atoms with Crippen LogP contribution in [0.15, 0.2) is 36.5 Å². The highest BCUT2D eigenvalue weighted by atomic mass is 19.1. The van der Waals surface area contributed by atoms with E-state index in [9.17, 15) is 4.39 Å². The molecular weight excluding hydrogens is 353 g/mol. The molecule has 0 aliphatic carbocycles. The standard InChI is InChI=1S/C22H22FN5/c1-3-22(4-2,10-6-11-24)21-27-18-15-9-8-14(23)13-17(15)26-20-16(19(18)28-21)7-5-12-25-20/h5,7-9,12-13H,3-4,6,10H2,1-2H3,(H,25,26)(H,27,28). The molecule has 0 fully saturated rings. The number of H-pyrrole nitrogens is 1. The van der Waals surface area contributed by atoms with Crippen LogP contribution in [0.3, 0.4) is 0 Å². The average Bonchev–Trinajstić information content (AvgIpc) is 3.10. The van der Waals surface area contributed by atoms with Crippen molar-refractivity contribution in [2.75, 3.05) is 5.32 Å². The number of nitrogens with one attached hydrogen (secondary N) is 2. The monoisotopic (exact) mass is 375 g/mol. The fourth-order valence-corrected chi connectivity index (χ4v) is 4.03. The minimum Gasteiger partial charge on any atom is -0.341 e. The molecule has 6 heteroatoms. The van der Waals surface area contributed by atoms with E-state index in [0.717, 1.165) is 47.6 Å². The molecule has 0 bridgehead atoms. The van der Waals surface area contributed by atoms with Crippen molar-refractivity contribution in [2.45, 2.75) is 44.9 Å². The number of hydrogen-bond acceptors (Lipinski definition) is 4. The summed E-state index contributed by atoms with van der Waals surface area (Å²) in [7, 11) is 0. The van der Waals surface area contributed by atoms with Crippen LogP contribution in [0.5, 0.6) is 0 Å². The van der Waals surface area contributed by atoms with E-state index in [4.69, 9.17) is 10.2 Å². The quantitative estimate of drug-likeness (QED) is 0.469. The molecule has 0 atom stereocenters. The number of imidazole rings is 1. The highest BCUT2D eigenvalue weighted by Crippen LogP contribution is 2.45. The fraction of sp³-hybridized carbons (Fsp3) is 0.318. The minimum atomic E-state index is -0.312. The van der Waals surface area contributed by atoms with E-state index in [1.165, 1.54) is 12.1 Å². The Morgan fingerprint density at radius 2 is 2.00 bits per heavy atom. The Bertz CT molecular complexity index is 1060. The molecule has 0 radical (unpaired) electrons. The molecule has 4 rings (SSSR count). The number of rotatable bonds is 5. The molecule has 5 nitrogen and oxygen atoms in total. The summed E-state index contributed by atoms with van der Waals surface area (Å²) in [6.45, 7) is 4.27. The minimum absolute atomic E-state index is 0.197. The first-order valence-corrected chi connectivity index (χ1v) is 9.61. The largest absolute Gasteiger partial charge is 0.341 e. The van der Waals surface area contributed by atoms with Crippen LogP contribution in [0, 0.1) is 17.1 Å². The molecule has 2 N–H and O–H groups in total. The fourth-order valence-electron chi connectivity index (χ4n) is 4.03. The first kappa shape index (κ1) is 18.2. The van der Waals surface area contributed by atoms with Gasteiger partial charge in [-0.15, -0.1) is 0 Å². The second-order valence-corrected chi connectivity index (χ2v) is 7.17. The SMILES string of the molecule is CCC(CC)(CCC#N)c1nc2c([nH]1)-c1cccnc1Nc1cc(F)ccc1-2. The van der Waals surface area contributed by atoms with Crippen LogP contribution >= 0.6 is 0 Å². The number of halogens is 1. The van der Waals surface area contributed by atoms with Crippen LogP contribution < -0.4 is 5.32 Å². The van der Waals surface area contributed by atoms with Gasteiger partial charge >= 0.3 is 0 Å². The lowest BCUT2D eigenvalue weighted by atomic mass is 9.77. The predicted molar refractivity (Wildman–Crippen MR) is 108 cm³/mol. The highest BCUT2D eigenvalue weighted by molar-refractivity contribution is 5.94. The van der Waals surface area contributed by atoms with Gasteiger partial charge in [0.2, 0.25) is 0 Å². The number of pyridine rings is 1. The van der Waals surface area contributed by atoms with Gasteiger partial charge in [0.25, 0.3) is 0 Å². The second-order valence-electron chi connectivity index (χ2n) is 7.17. The predicted octanol–water partition coefficient (Wildman–Crippen LogP) is 5.70. The zero-order chi connectivity index (χ0) is 19.7. The third-order valence-electron chi connectivity index (χ3n) is 5.84. The molecule has 0 spiro atoms. The van der Waals surface area contributed by atoms with Crippen LogP contribution in [0.4, 0.5) is 15.9 Å². The first-order valence-electron chi connectivity index (χ1n) is 9.61. The van der Waals surface area contributed by atoms with Gasteiger partial charge in [-0.3, -0.25) is 0 Å². The molecule has 0 unspecified atom stereocenters. The lowest BCUT2D eigenvalue weighted by Crippen LogP contribution is -2.26. The molecule has 0 saturated carbocycles.